The van der Waals surface area contributed by atoms with Crippen molar-refractivity contribution in [3.8, 4) is 5.75 Å². The monoisotopic (exact) mass is 510 g/mol. The summed E-state index contributed by atoms with van der Waals surface area (Å²) < 4.78 is 5.74. The highest BCUT2D eigenvalue weighted by atomic mass is 16.5. The van der Waals surface area contributed by atoms with E-state index in [1.807, 2.05) is 79.7 Å². The van der Waals surface area contributed by atoms with Gasteiger partial charge in [0.25, 0.3) is 5.91 Å². The Kier molecular flexibility index (Phi) is 6.93. The van der Waals surface area contributed by atoms with Crippen LogP contribution in [0.1, 0.15) is 72.7 Å². The van der Waals surface area contributed by atoms with Gasteiger partial charge in [-0.25, -0.2) is 0 Å². The lowest BCUT2D eigenvalue weighted by Gasteiger charge is -2.45. The Hall–Kier alpha value is -4.13. The fourth-order valence-electron chi connectivity index (χ4n) is 5.23. The molecule has 0 bridgehead atoms. The minimum Gasteiger partial charge on any atom is -0.493 e. The van der Waals surface area contributed by atoms with Crippen molar-refractivity contribution >= 4 is 17.8 Å². The van der Waals surface area contributed by atoms with Crippen LogP contribution in [0.4, 0.5) is 0 Å². The smallest absolute Gasteiger partial charge is 0.251 e. The molecule has 7 heteroatoms. The molecule has 2 amide bonds. The summed E-state index contributed by atoms with van der Waals surface area (Å²) in [7, 11) is 0. The average molecular weight is 511 g/mol. The van der Waals surface area contributed by atoms with Crippen molar-refractivity contribution in [1.82, 2.24) is 15.5 Å². The van der Waals surface area contributed by atoms with Crippen LogP contribution in [0.2, 0.25) is 0 Å². The Bertz CT molecular complexity index is 1340. The van der Waals surface area contributed by atoms with Crippen molar-refractivity contribution in [1.29, 1.82) is 5.41 Å². The first-order valence-corrected chi connectivity index (χ1v) is 13.1. The number of para-hydroxylation sites is 1. The summed E-state index contributed by atoms with van der Waals surface area (Å²) in [6.07, 6.45) is 0.967. The zero-order valence-corrected chi connectivity index (χ0v) is 22.0. The highest BCUT2D eigenvalue weighted by Crippen LogP contribution is 2.35. The van der Waals surface area contributed by atoms with Crippen LogP contribution in [0.25, 0.3) is 0 Å². The van der Waals surface area contributed by atoms with Crippen molar-refractivity contribution in [2.75, 3.05) is 6.61 Å². The molecule has 0 aromatic heterocycles. The van der Waals surface area contributed by atoms with Gasteiger partial charge in [-0.15, -0.1) is 0 Å². The van der Waals surface area contributed by atoms with Gasteiger partial charge in [-0.05, 0) is 42.2 Å². The van der Waals surface area contributed by atoms with Gasteiger partial charge in [-0.3, -0.25) is 19.9 Å². The molecule has 38 heavy (non-hydrogen) atoms. The molecule has 2 aliphatic rings. The summed E-state index contributed by atoms with van der Waals surface area (Å²) in [6, 6.07) is 24.1. The van der Waals surface area contributed by atoms with E-state index in [4.69, 9.17) is 10.1 Å². The summed E-state index contributed by atoms with van der Waals surface area (Å²) in [5.74, 6) is 0.731. The van der Waals surface area contributed by atoms with Crippen molar-refractivity contribution < 1.29 is 14.3 Å². The third-order valence-electron chi connectivity index (χ3n) is 7.81. The van der Waals surface area contributed by atoms with Gasteiger partial charge >= 0.3 is 0 Å². The quantitative estimate of drug-likeness (QED) is 0.425. The number of ether oxygens (including phenoxy) is 1. The van der Waals surface area contributed by atoms with Crippen LogP contribution in [0, 0.1) is 11.3 Å². The van der Waals surface area contributed by atoms with E-state index in [1.54, 1.807) is 6.07 Å². The molecule has 0 spiro atoms. The van der Waals surface area contributed by atoms with E-state index < -0.39 is 11.6 Å². The average Bonchev–Trinajstić information content (AvgIpc) is 2.91. The maximum absolute atomic E-state index is 13.6. The number of nitrogens with one attached hydrogen (secondary N) is 3. The Morgan fingerprint density at radius 1 is 1.05 bits per heavy atom. The lowest BCUT2D eigenvalue weighted by atomic mass is 9.82. The van der Waals surface area contributed by atoms with Gasteiger partial charge in [0.2, 0.25) is 5.91 Å². The number of hydrogen-bond donors (Lipinski definition) is 3. The second kappa shape index (κ2) is 10.3. The Labute approximate surface area is 223 Å². The summed E-state index contributed by atoms with van der Waals surface area (Å²) in [6.45, 7) is 6.63. The number of carbonyl (C=O) groups excluding carboxylic acids is 2. The first kappa shape index (κ1) is 25.5. The van der Waals surface area contributed by atoms with E-state index in [0.717, 1.165) is 22.4 Å². The number of hydrogen-bond acceptors (Lipinski definition) is 4. The number of rotatable bonds is 6. The van der Waals surface area contributed by atoms with Gasteiger partial charge < -0.3 is 15.4 Å². The molecule has 3 aromatic rings. The number of benzene rings is 3. The summed E-state index contributed by atoms with van der Waals surface area (Å²) in [5, 5.41) is 15.3. The van der Waals surface area contributed by atoms with Crippen LogP contribution in [-0.4, -0.2) is 34.8 Å². The number of nitrogens with zero attached hydrogens (tertiary/aromatic N) is 1. The molecule has 196 valence electrons. The molecule has 7 nitrogen and oxygen atoms in total. The van der Waals surface area contributed by atoms with E-state index in [2.05, 4.69) is 24.5 Å². The standard InChI is InChI=1S/C31H34N4O3/c1-20(2)31(3)19-27(36)35(30(32)34-31)28(21-10-5-4-6-11-21)22-12-9-13-23(18-22)29(37)33-25-16-17-38-26-15-8-7-14-24(25)26/h4-15,18,20,25,28H,16-17,19H2,1-3H3,(H2,32,34)(H,33,37)/t25?,28-,31+/m1/s1. The van der Waals surface area contributed by atoms with Crippen LogP contribution >= 0.6 is 0 Å². The minimum absolute atomic E-state index is 0.0694. The molecule has 5 rings (SSSR count). The highest BCUT2D eigenvalue weighted by molar-refractivity contribution is 6.00. The van der Waals surface area contributed by atoms with Gasteiger partial charge in [0.1, 0.15) is 5.75 Å². The van der Waals surface area contributed by atoms with Gasteiger partial charge in [0.15, 0.2) is 5.96 Å². The minimum atomic E-state index is -0.544. The Morgan fingerprint density at radius 3 is 2.50 bits per heavy atom. The molecule has 0 radical (unpaired) electrons. The summed E-state index contributed by atoms with van der Waals surface area (Å²) in [4.78, 5) is 28.5. The molecule has 1 saturated heterocycles. The van der Waals surface area contributed by atoms with Crippen LogP contribution in [0.3, 0.4) is 0 Å². The molecule has 0 saturated carbocycles. The number of guanidine groups is 1. The number of amides is 2. The van der Waals surface area contributed by atoms with Crippen molar-refractivity contribution in [3.63, 3.8) is 0 Å². The SMILES string of the molecule is CC(C)[C@]1(C)CC(=O)N([C@H](c2ccccc2)c2cccc(C(=O)NC3CCOc4ccccc43)c2)C(=N)N1. The fourth-order valence-corrected chi connectivity index (χ4v) is 5.23. The normalized spacial score (nSPS) is 21.8. The van der Waals surface area contributed by atoms with E-state index in [9.17, 15) is 9.59 Å². The lowest BCUT2D eigenvalue weighted by Crippen LogP contribution is -2.63. The molecule has 3 aromatic carbocycles. The van der Waals surface area contributed by atoms with E-state index >= 15 is 0 Å². The Morgan fingerprint density at radius 2 is 1.76 bits per heavy atom. The first-order chi connectivity index (χ1) is 18.3. The summed E-state index contributed by atoms with van der Waals surface area (Å²) >= 11 is 0. The van der Waals surface area contributed by atoms with Crippen molar-refractivity contribution in [3.05, 3.63) is 101 Å². The molecule has 3 N–H and O–H groups in total. The van der Waals surface area contributed by atoms with E-state index in [1.165, 1.54) is 4.90 Å². The van der Waals surface area contributed by atoms with Gasteiger partial charge in [-0.2, -0.15) is 0 Å². The molecule has 2 heterocycles. The molecule has 0 aliphatic carbocycles. The van der Waals surface area contributed by atoms with Crippen LogP contribution in [-0.2, 0) is 4.79 Å². The van der Waals surface area contributed by atoms with Crippen molar-refractivity contribution in [2.24, 2.45) is 5.92 Å². The second-order valence-electron chi connectivity index (χ2n) is 10.6. The predicted octanol–water partition coefficient (Wildman–Crippen LogP) is 5.20. The summed E-state index contributed by atoms with van der Waals surface area (Å²) in [5.41, 5.74) is 2.62. The molecular weight excluding hydrogens is 476 g/mol. The zero-order valence-electron chi connectivity index (χ0n) is 22.0. The van der Waals surface area contributed by atoms with Crippen LogP contribution in [0.5, 0.6) is 5.75 Å². The molecule has 3 atom stereocenters. The largest absolute Gasteiger partial charge is 0.493 e. The maximum atomic E-state index is 13.6. The van der Waals surface area contributed by atoms with Crippen LogP contribution < -0.4 is 15.4 Å². The van der Waals surface area contributed by atoms with E-state index in [-0.39, 0.29) is 36.2 Å². The maximum Gasteiger partial charge on any atom is 0.251 e. The molecule has 2 aliphatic heterocycles. The first-order valence-electron chi connectivity index (χ1n) is 13.1. The number of fused-ring (bicyclic) bond motifs is 1. The Balaban J connectivity index is 1.46. The number of carbonyl (C=O) groups is 2. The predicted molar refractivity (Wildman–Crippen MR) is 147 cm³/mol. The molecule has 1 unspecified atom stereocenters. The fraction of sp³-hybridized carbons (Fsp3) is 0.323. The topological polar surface area (TPSA) is 94.5 Å². The molecular formula is C31H34N4O3. The van der Waals surface area contributed by atoms with Crippen molar-refractivity contribution in [2.45, 2.75) is 51.2 Å². The molecule has 1 fully saturated rings. The van der Waals surface area contributed by atoms with Gasteiger partial charge in [0.05, 0.1) is 25.1 Å². The second-order valence-corrected chi connectivity index (χ2v) is 10.6. The van der Waals surface area contributed by atoms with Gasteiger partial charge in [-0.1, -0.05) is 74.5 Å². The van der Waals surface area contributed by atoms with E-state index in [0.29, 0.717) is 18.6 Å². The van der Waals surface area contributed by atoms with Crippen LogP contribution in [0.15, 0.2) is 78.9 Å². The van der Waals surface area contributed by atoms with Gasteiger partial charge in [0, 0.05) is 23.1 Å². The third kappa shape index (κ3) is 4.88. The third-order valence-corrected chi connectivity index (χ3v) is 7.81. The lowest BCUT2D eigenvalue weighted by molar-refractivity contribution is -0.132. The zero-order chi connectivity index (χ0) is 26.9. The highest BCUT2D eigenvalue weighted by Gasteiger charge is 2.43.